The molecule has 3 nitrogen and oxygen atoms in total. The van der Waals surface area contributed by atoms with Gasteiger partial charge < -0.3 is 9.88 Å². The van der Waals surface area contributed by atoms with Crippen LogP contribution in [0.1, 0.15) is 55.8 Å². The lowest BCUT2D eigenvalue weighted by molar-refractivity contribution is 0.521. The summed E-state index contributed by atoms with van der Waals surface area (Å²) in [5, 5.41) is 3.55. The highest BCUT2D eigenvalue weighted by Crippen LogP contribution is 2.32. The number of rotatable bonds is 4. The Bertz CT molecular complexity index is 550. The van der Waals surface area contributed by atoms with Gasteiger partial charge in [0, 0.05) is 18.4 Å². The number of benzene rings is 1. The summed E-state index contributed by atoms with van der Waals surface area (Å²) in [6.45, 7) is 4.31. The highest BCUT2D eigenvalue weighted by Gasteiger charge is 2.20. The van der Waals surface area contributed by atoms with Crippen LogP contribution in [0.3, 0.4) is 0 Å². The molecule has 1 aliphatic rings. The zero-order valence-corrected chi connectivity index (χ0v) is 12.3. The zero-order valence-electron chi connectivity index (χ0n) is 12.3. The minimum absolute atomic E-state index is 0.276. The van der Waals surface area contributed by atoms with Gasteiger partial charge in [-0.1, -0.05) is 42.7 Å². The molecule has 1 N–H and O–H groups in total. The molecule has 1 aromatic carbocycles. The molecule has 3 rings (SSSR count). The minimum atomic E-state index is 0.276. The van der Waals surface area contributed by atoms with Crippen molar-refractivity contribution in [1.82, 2.24) is 9.55 Å². The number of nitrogens with one attached hydrogen (secondary N) is 1. The molecule has 1 unspecified atom stereocenters. The van der Waals surface area contributed by atoms with Crippen molar-refractivity contribution >= 4 is 5.95 Å². The normalized spacial score (nSPS) is 17.3. The maximum absolute atomic E-state index is 4.50. The van der Waals surface area contributed by atoms with Crippen molar-refractivity contribution in [1.29, 1.82) is 0 Å². The first-order valence-corrected chi connectivity index (χ1v) is 7.60. The van der Waals surface area contributed by atoms with Crippen LogP contribution < -0.4 is 5.32 Å². The van der Waals surface area contributed by atoms with Crippen molar-refractivity contribution in [2.24, 2.45) is 0 Å². The van der Waals surface area contributed by atoms with Gasteiger partial charge >= 0.3 is 0 Å². The summed E-state index contributed by atoms with van der Waals surface area (Å²) in [6, 6.07) is 9.61. The van der Waals surface area contributed by atoms with Crippen molar-refractivity contribution in [3.05, 3.63) is 47.8 Å². The standard InChI is InChI=1S/C17H23N3/c1-13-7-9-15(10-8-13)14(2)19-17-18-11-12-20(17)16-5-3-4-6-16/h7-12,14,16H,3-6H2,1-2H3,(H,18,19). The van der Waals surface area contributed by atoms with Crippen LogP contribution in [0.4, 0.5) is 5.95 Å². The van der Waals surface area contributed by atoms with Crippen LogP contribution in [0, 0.1) is 6.92 Å². The lowest BCUT2D eigenvalue weighted by atomic mass is 10.1. The van der Waals surface area contributed by atoms with E-state index in [2.05, 4.69) is 59.2 Å². The molecule has 1 saturated carbocycles. The number of hydrogen-bond donors (Lipinski definition) is 1. The predicted octanol–water partition coefficient (Wildman–Crippen LogP) is 4.48. The number of hydrogen-bond acceptors (Lipinski definition) is 2. The third-order valence-electron chi connectivity index (χ3n) is 4.31. The van der Waals surface area contributed by atoms with E-state index in [1.165, 1.54) is 36.8 Å². The number of aryl methyl sites for hydroxylation is 1. The third-order valence-corrected chi connectivity index (χ3v) is 4.31. The quantitative estimate of drug-likeness (QED) is 0.887. The molecule has 1 atom stereocenters. The smallest absolute Gasteiger partial charge is 0.203 e. The molecule has 1 fully saturated rings. The van der Waals surface area contributed by atoms with Crippen LogP contribution in [-0.2, 0) is 0 Å². The average molecular weight is 269 g/mol. The molecule has 2 aromatic rings. The summed E-state index contributed by atoms with van der Waals surface area (Å²) in [7, 11) is 0. The van der Waals surface area contributed by atoms with E-state index in [1.807, 2.05) is 6.20 Å². The van der Waals surface area contributed by atoms with Crippen molar-refractivity contribution in [3.8, 4) is 0 Å². The van der Waals surface area contributed by atoms with Crippen molar-refractivity contribution < 1.29 is 0 Å². The molecule has 106 valence electrons. The highest BCUT2D eigenvalue weighted by atomic mass is 15.2. The molecule has 1 heterocycles. The van der Waals surface area contributed by atoms with E-state index in [1.54, 1.807) is 0 Å². The molecule has 1 aromatic heterocycles. The second kappa shape index (κ2) is 5.70. The SMILES string of the molecule is Cc1ccc(C(C)Nc2nccn2C2CCCC2)cc1. The summed E-state index contributed by atoms with van der Waals surface area (Å²) in [5.41, 5.74) is 2.60. The molecule has 0 amide bonds. The van der Waals surface area contributed by atoms with E-state index in [0.29, 0.717) is 6.04 Å². The fourth-order valence-electron chi connectivity index (χ4n) is 3.03. The van der Waals surface area contributed by atoms with E-state index in [-0.39, 0.29) is 6.04 Å². The topological polar surface area (TPSA) is 29.9 Å². The molecule has 0 saturated heterocycles. The Balaban J connectivity index is 1.74. The number of nitrogens with zero attached hydrogens (tertiary/aromatic N) is 2. The maximum Gasteiger partial charge on any atom is 0.203 e. The molecule has 20 heavy (non-hydrogen) atoms. The van der Waals surface area contributed by atoms with Gasteiger partial charge in [0.05, 0.1) is 6.04 Å². The second-order valence-electron chi connectivity index (χ2n) is 5.87. The van der Waals surface area contributed by atoms with Crippen LogP contribution >= 0.6 is 0 Å². The third kappa shape index (κ3) is 2.72. The van der Waals surface area contributed by atoms with Gasteiger partial charge in [-0.25, -0.2) is 4.98 Å². The molecule has 1 aliphatic carbocycles. The Morgan fingerprint density at radius 1 is 1.20 bits per heavy atom. The van der Waals surface area contributed by atoms with Crippen LogP contribution in [0.5, 0.6) is 0 Å². The van der Waals surface area contributed by atoms with Gasteiger partial charge in [-0.15, -0.1) is 0 Å². The first-order valence-electron chi connectivity index (χ1n) is 7.60. The van der Waals surface area contributed by atoms with Gasteiger partial charge in [0.2, 0.25) is 5.95 Å². The summed E-state index contributed by atoms with van der Waals surface area (Å²) < 4.78 is 2.32. The van der Waals surface area contributed by atoms with Gasteiger partial charge in [-0.3, -0.25) is 0 Å². The van der Waals surface area contributed by atoms with Crippen LogP contribution in [0.15, 0.2) is 36.7 Å². The Morgan fingerprint density at radius 3 is 2.60 bits per heavy atom. The Labute approximate surface area is 121 Å². The van der Waals surface area contributed by atoms with Gasteiger partial charge in [-0.2, -0.15) is 0 Å². The number of imidazole rings is 1. The van der Waals surface area contributed by atoms with Gasteiger partial charge in [-0.05, 0) is 32.3 Å². The first-order chi connectivity index (χ1) is 9.74. The molecular formula is C17H23N3. The Kier molecular flexibility index (Phi) is 3.77. The largest absolute Gasteiger partial charge is 0.349 e. The fourth-order valence-corrected chi connectivity index (χ4v) is 3.03. The number of aromatic nitrogens is 2. The Morgan fingerprint density at radius 2 is 1.90 bits per heavy atom. The first kappa shape index (κ1) is 13.2. The Hall–Kier alpha value is -1.77. The van der Waals surface area contributed by atoms with Gasteiger partial charge in [0.15, 0.2) is 0 Å². The summed E-state index contributed by atoms with van der Waals surface area (Å²) >= 11 is 0. The molecule has 0 spiro atoms. The molecule has 0 aliphatic heterocycles. The second-order valence-corrected chi connectivity index (χ2v) is 5.87. The van der Waals surface area contributed by atoms with E-state index >= 15 is 0 Å². The minimum Gasteiger partial charge on any atom is -0.349 e. The van der Waals surface area contributed by atoms with Crippen LogP contribution in [0.25, 0.3) is 0 Å². The predicted molar refractivity (Wildman–Crippen MR) is 82.9 cm³/mol. The monoisotopic (exact) mass is 269 g/mol. The van der Waals surface area contributed by atoms with E-state index < -0.39 is 0 Å². The summed E-state index contributed by atoms with van der Waals surface area (Å²) in [6.07, 6.45) is 9.27. The van der Waals surface area contributed by atoms with E-state index in [9.17, 15) is 0 Å². The van der Waals surface area contributed by atoms with Crippen LogP contribution in [0.2, 0.25) is 0 Å². The molecule has 3 heteroatoms. The fraction of sp³-hybridized carbons (Fsp3) is 0.471. The molecular weight excluding hydrogens is 246 g/mol. The van der Waals surface area contributed by atoms with Gasteiger partial charge in [0.1, 0.15) is 0 Å². The van der Waals surface area contributed by atoms with Crippen molar-refractivity contribution in [2.45, 2.75) is 51.6 Å². The number of anilines is 1. The van der Waals surface area contributed by atoms with Crippen molar-refractivity contribution in [3.63, 3.8) is 0 Å². The van der Waals surface area contributed by atoms with Crippen molar-refractivity contribution in [2.75, 3.05) is 5.32 Å². The molecule has 0 radical (unpaired) electrons. The van der Waals surface area contributed by atoms with Gasteiger partial charge in [0.25, 0.3) is 0 Å². The lowest BCUT2D eigenvalue weighted by Gasteiger charge is -2.19. The van der Waals surface area contributed by atoms with E-state index in [0.717, 1.165) is 5.95 Å². The summed E-state index contributed by atoms with van der Waals surface area (Å²) in [4.78, 5) is 4.50. The van der Waals surface area contributed by atoms with E-state index in [4.69, 9.17) is 0 Å². The average Bonchev–Trinajstić information content (AvgIpc) is 3.09. The zero-order chi connectivity index (χ0) is 13.9. The highest BCUT2D eigenvalue weighted by molar-refractivity contribution is 5.34. The van der Waals surface area contributed by atoms with Crippen LogP contribution in [-0.4, -0.2) is 9.55 Å². The lowest BCUT2D eigenvalue weighted by Crippen LogP contribution is -2.14. The maximum atomic E-state index is 4.50. The summed E-state index contributed by atoms with van der Waals surface area (Å²) in [5.74, 6) is 1.00. The molecule has 0 bridgehead atoms.